The highest BCUT2D eigenvalue weighted by molar-refractivity contribution is 7.99. The number of thioether (sulfide) groups is 1. The normalized spacial score (nSPS) is 19.9. The summed E-state index contributed by atoms with van der Waals surface area (Å²) < 4.78 is 26.4. The predicted molar refractivity (Wildman–Crippen MR) is 136 cm³/mol. The lowest BCUT2D eigenvalue weighted by atomic mass is 10.1. The molecule has 0 radical (unpaired) electrons. The van der Waals surface area contributed by atoms with Gasteiger partial charge in [0.05, 0.1) is 29.1 Å². The van der Waals surface area contributed by atoms with Gasteiger partial charge < -0.3 is 4.90 Å². The van der Waals surface area contributed by atoms with Crippen molar-refractivity contribution >= 4 is 27.5 Å². The van der Waals surface area contributed by atoms with Gasteiger partial charge >= 0.3 is 0 Å². The molecule has 1 saturated carbocycles. The van der Waals surface area contributed by atoms with Crippen molar-refractivity contribution in [2.24, 2.45) is 0 Å². The van der Waals surface area contributed by atoms with Crippen molar-refractivity contribution in [2.45, 2.75) is 49.3 Å². The Bertz CT molecular complexity index is 1240. The first kappa shape index (κ1) is 23.2. The summed E-state index contributed by atoms with van der Waals surface area (Å²) in [6.07, 6.45) is 6.52. The quantitative estimate of drug-likeness (QED) is 0.448. The van der Waals surface area contributed by atoms with Gasteiger partial charge in [-0.1, -0.05) is 73.1 Å². The van der Waals surface area contributed by atoms with E-state index in [0.717, 1.165) is 47.8 Å². The highest BCUT2D eigenvalue weighted by atomic mass is 32.2. The average molecular weight is 496 g/mol. The van der Waals surface area contributed by atoms with E-state index in [1.54, 1.807) is 0 Å². The molecule has 1 aliphatic heterocycles. The van der Waals surface area contributed by atoms with Crippen molar-refractivity contribution in [1.82, 2.24) is 14.5 Å². The number of imidazole rings is 1. The second-order valence-electron chi connectivity index (χ2n) is 9.05. The van der Waals surface area contributed by atoms with E-state index in [0.29, 0.717) is 6.42 Å². The Morgan fingerprint density at radius 1 is 0.971 bits per heavy atom. The minimum atomic E-state index is -3.06. The molecule has 1 aromatic heterocycles. The molecule has 0 N–H and O–H groups in total. The number of hydrogen-bond acceptors (Lipinski definition) is 5. The first-order valence-corrected chi connectivity index (χ1v) is 14.7. The van der Waals surface area contributed by atoms with Gasteiger partial charge in [0.25, 0.3) is 0 Å². The second-order valence-corrected chi connectivity index (χ2v) is 12.2. The monoisotopic (exact) mass is 495 g/mol. The number of rotatable bonds is 7. The van der Waals surface area contributed by atoms with Crippen LogP contribution in [0.5, 0.6) is 0 Å². The van der Waals surface area contributed by atoms with Crippen molar-refractivity contribution < 1.29 is 13.2 Å². The Balaban J connectivity index is 1.41. The van der Waals surface area contributed by atoms with Gasteiger partial charge in [0.1, 0.15) is 0 Å². The van der Waals surface area contributed by atoms with Crippen LogP contribution in [0.2, 0.25) is 0 Å². The second kappa shape index (κ2) is 9.96. The standard InChI is InChI=1S/C26H29N3O3S2/c30-25(28(21-13-7-8-14-21)23-15-16-34(31,32)19-23)18-33-26-27-17-24(20-9-3-1-4-10-20)29(26)22-11-5-2-6-12-22/h1-6,9-12,17,21,23H,7-8,13-16,18-19H2. The molecule has 1 unspecified atom stereocenters. The van der Waals surface area contributed by atoms with Crippen LogP contribution >= 0.6 is 11.8 Å². The molecule has 1 saturated heterocycles. The first-order valence-electron chi connectivity index (χ1n) is 11.8. The third kappa shape index (κ3) is 4.93. The number of carbonyl (C=O) groups excluding carboxylic acids is 1. The molecule has 2 aromatic carbocycles. The van der Waals surface area contributed by atoms with E-state index in [1.807, 2.05) is 59.6 Å². The highest BCUT2D eigenvalue weighted by Gasteiger charge is 2.39. The zero-order chi connectivity index (χ0) is 23.5. The number of carbonyl (C=O) groups is 1. The van der Waals surface area contributed by atoms with Gasteiger partial charge in [0.2, 0.25) is 5.91 Å². The maximum Gasteiger partial charge on any atom is 0.233 e. The van der Waals surface area contributed by atoms with Crippen LogP contribution in [-0.2, 0) is 14.6 Å². The number of aromatic nitrogens is 2. The number of nitrogens with zero attached hydrogens (tertiary/aromatic N) is 3. The predicted octanol–water partition coefficient (Wildman–Crippen LogP) is 4.59. The molecule has 5 rings (SSSR count). The molecule has 8 heteroatoms. The molecule has 178 valence electrons. The highest BCUT2D eigenvalue weighted by Crippen LogP contribution is 2.32. The molecule has 1 atom stereocenters. The number of amides is 1. The summed E-state index contributed by atoms with van der Waals surface area (Å²) in [5, 5.41) is 0.754. The van der Waals surface area contributed by atoms with Crippen molar-refractivity contribution in [1.29, 1.82) is 0 Å². The maximum atomic E-state index is 13.5. The molecule has 1 amide bonds. The van der Waals surface area contributed by atoms with Gasteiger partial charge in [-0.05, 0) is 31.4 Å². The van der Waals surface area contributed by atoms with E-state index in [-0.39, 0.29) is 35.2 Å². The van der Waals surface area contributed by atoms with Crippen LogP contribution in [0.25, 0.3) is 16.9 Å². The van der Waals surface area contributed by atoms with Gasteiger partial charge in [-0.15, -0.1) is 0 Å². The Labute approximate surface area is 205 Å². The van der Waals surface area contributed by atoms with Crippen LogP contribution in [0.3, 0.4) is 0 Å². The molecule has 2 fully saturated rings. The number of hydrogen-bond donors (Lipinski definition) is 0. The largest absolute Gasteiger partial charge is 0.335 e. The van der Waals surface area contributed by atoms with Crippen molar-refractivity contribution in [3.8, 4) is 16.9 Å². The van der Waals surface area contributed by atoms with Crippen molar-refractivity contribution in [2.75, 3.05) is 17.3 Å². The van der Waals surface area contributed by atoms with Crippen molar-refractivity contribution in [3.63, 3.8) is 0 Å². The number of benzene rings is 2. The van der Waals surface area contributed by atoms with Gasteiger partial charge in [-0.2, -0.15) is 0 Å². The summed E-state index contributed by atoms with van der Waals surface area (Å²) in [6, 6.07) is 20.1. The zero-order valence-corrected chi connectivity index (χ0v) is 20.7. The molecule has 2 heterocycles. The fourth-order valence-corrected chi connectivity index (χ4v) is 7.73. The Morgan fingerprint density at radius 2 is 1.65 bits per heavy atom. The molecule has 34 heavy (non-hydrogen) atoms. The summed E-state index contributed by atoms with van der Waals surface area (Å²) in [5.41, 5.74) is 3.01. The fourth-order valence-electron chi connectivity index (χ4n) is 5.16. The molecule has 1 aliphatic carbocycles. The van der Waals surface area contributed by atoms with Crippen LogP contribution in [0.1, 0.15) is 32.1 Å². The molecule has 0 spiro atoms. The third-order valence-corrected chi connectivity index (χ3v) is 9.43. The van der Waals surface area contributed by atoms with Crippen LogP contribution in [0.4, 0.5) is 0 Å². The van der Waals surface area contributed by atoms with Crippen molar-refractivity contribution in [3.05, 3.63) is 66.9 Å². The Morgan fingerprint density at radius 3 is 2.29 bits per heavy atom. The SMILES string of the molecule is O=C(CSc1ncc(-c2ccccc2)n1-c1ccccc1)N(C1CCCC1)C1CCS(=O)(=O)C1. The van der Waals surface area contributed by atoms with Crippen LogP contribution in [0, 0.1) is 0 Å². The van der Waals surface area contributed by atoms with E-state index in [9.17, 15) is 13.2 Å². The lowest BCUT2D eigenvalue weighted by molar-refractivity contribution is -0.132. The minimum Gasteiger partial charge on any atom is -0.335 e. The lowest BCUT2D eigenvalue weighted by Crippen LogP contribution is -2.47. The summed E-state index contributed by atoms with van der Waals surface area (Å²) in [4.78, 5) is 20.1. The van der Waals surface area contributed by atoms with Crippen LogP contribution in [-0.4, -0.2) is 58.1 Å². The average Bonchev–Trinajstić information content (AvgIpc) is 3.59. The van der Waals surface area contributed by atoms with E-state index in [1.165, 1.54) is 11.8 Å². The van der Waals surface area contributed by atoms with E-state index in [4.69, 9.17) is 0 Å². The van der Waals surface area contributed by atoms with E-state index >= 15 is 0 Å². The summed E-state index contributed by atoms with van der Waals surface area (Å²) in [5.74, 6) is 0.532. The van der Waals surface area contributed by atoms with Gasteiger partial charge in [0, 0.05) is 23.3 Å². The smallest absolute Gasteiger partial charge is 0.233 e. The molecular formula is C26H29N3O3S2. The van der Waals surface area contributed by atoms with Crippen LogP contribution in [0.15, 0.2) is 72.0 Å². The molecule has 3 aromatic rings. The molecule has 2 aliphatic rings. The van der Waals surface area contributed by atoms with Gasteiger partial charge in [-0.25, -0.2) is 13.4 Å². The summed E-state index contributed by atoms with van der Waals surface area (Å²) in [6.45, 7) is 0. The fraction of sp³-hybridized carbons (Fsp3) is 0.385. The maximum absolute atomic E-state index is 13.5. The molecule has 6 nitrogen and oxygen atoms in total. The topological polar surface area (TPSA) is 72.3 Å². The molecule has 0 bridgehead atoms. The number of sulfone groups is 1. The molecular weight excluding hydrogens is 466 g/mol. The summed E-state index contributed by atoms with van der Waals surface area (Å²) >= 11 is 1.42. The zero-order valence-electron chi connectivity index (χ0n) is 19.0. The van der Waals surface area contributed by atoms with Gasteiger partial charge in [0.15, 0.2) is 15.0 Å². The number of para-hydroxylation sites is 1. The Kier molecular flexibility index (Phi) is 6.79. The summed E-state index contributed by atoms with van der Waals surface area (Å²) in [7, 11) is -3.06. The minimum absolute atomic E-state index is 0.0165. The van der Waals surface area contributed by atoms with E-state index < -0.39 is 9.84 Å². The Hall–Kier alpha value is -2.58. The van der Waals surface area contributed by atoms with Crippen LogP contribution < -0.4 is 0 Å². The lowest BCUT2D eigenvalue weighted by Gasteiger charge is -2.34. The van der Waals surface area contributed by atoms with E-state index in [2.05, 4.69) is 21.7 Å². The first-order chi connectivity index (χ1) is 16.5. The third-order valence-electron chi connectivity index (χ3n) is 6.75. The van der Waals surface area contributed by atoms with Gasteiger partial charge in [-0.3, -0.25) is 9.36 Å².